The predicted octanol–water partition coefficient (Wildman–Crippen LogP) is 2.68. The van der Waals surface area contributed by atoms with Gasteiger partial charge in [-0.05, 0) is 24.3 Å². The number of rotatable bonds is 7. The number of nitro groups is 1. The molecular weight excluding hydrogens is 348 g/mol. The van der Waals surface area contributed by atoms with Gasteiger partial charge in [0.1, 0.15) is 0 Å². The molecule has 9 heteroatoms. The largest absolute Gasteiger partial charge is 0.390 e. The first-order chi connectivity index (χ1) is 12.9. The van der Waals surface area contributed by atoms with Gasteiger partial charge in [0.15, 0.2) is 5.82 Å². The molecule has 1 N–H and O–H groups in total. The molecule has 0 aliphatic heterocycles. The van der Waals surface area contributed by atoms with Gasteiger partial charge in [-0.25, -0.2) is 0 Å². The van der Waals surface area contributed by atoms with E-state index in [2.05, 4.69) is 15.5 Å². The maximum atomic E-state index is 12.1. The molecule has 9 nitrogen and oxygen atoms in total. The molecular formula is C18H20N6O3. The van der Waals surface area contributed by atoms with Gasteiger partial charge in [0.2, 0.25) is 5.91 Å². The van der Waals surface area contributed by atoms with Crippen LogP contribution in [0.1, 0.15) is 23.2 Å². The van der Waals surface area contributed by atoms with Gasteiger partial charge in [0.25, 0.3) is 0 Å². The molecule has 1 amide bonds. The summed E-state index contributed by atoms with van der Waals surface area (Å²) in [4.78, 5) is 22.3. The van der Waals surface area contributed by atoms with E-state index in [0.717, 1.165) is 5.56 Å². The van der Waals surface area contributed by atoms with Crippen LogP contribution in [0, 0.1) is 24.0 Å². The lowest BCUT2D eigenvalue weighted by Gasteiger charge is -2.04. The van der Waals surface area contributed by atoms with Crippen LogP contribution in [0.25, 0.3) is 0 Å². The maximum Gasteiger partial charge on any atom is 0.390 e. The number of benzene rings is 1. The standard InChI is InChI=1S/C18H20N6O3/c1-13-3-5-15(6-4-13)12-22-9-7-16(20-22)19-18(25)8-10-23-14(2)11-17(21-23)24(26)27/h3-7,9,11H,8,10,12H2,1-2H3,(H,19,20,25). The Morgan fingerprint density at radius 3 is 2.59 bits per heavy atom. The van der Waals surface area contributed by atoms with Crippen molar-refractivity contribution in [2.24, 2.45) is 0 Å². The number of aromatic nitrogens is 4. The van der Waals surface area contributed by atoms with Crippen molar-refractivity contribution in [2.75, 3.05) is 5.32 Å². The second-order valence-electron chi connectivity index (χ2n) is 6.31. The zero-order valence-electron chi connectivity index (χ0n) is 15.1. The van der Waals surface area contributed by atoms with Gasteiger partial charge >= 0.3 is 5.82 Å². The fraction of sp³-hybridized carbons (Fsp3) is 0.278. The van der Waals surface area contributed by atoms with Gasteiger partial charge in [-0.3, -0.25) is 9.48 Å². The van der Waals surface area contributed by atoms with Gasteiger partial charge in [0.05, 0.1) is 29.9 Å². The smallest absolute Gasteiger partial charge is 0.358 e. The lowest BCUT2D eigenvalue weighted by atomic mass is 10.1. The molecule has 0 bridgehead atoms. The van der Waals surface area contributed by atoms with E-state index >= 15 is 0 Å². The number of carbonyl (C=O) groups excluding carboxylic acids is 1. The SMILES string of the molecule is Cc1ccc(Cn2ccc(NC(=O)CCn3nc([N+](=O)[O-])cc3C)n2)cc1. The number of carbonyl (C=O) groups is 1. The third-order valence-electron chi connectivity index (χ3n) is 4.08. The minimum absolute atomic E-state index is 0.143. The molecule has 3 rings (SSSR count). The third kappa shape index (κ3) is 4.78. The number of nitrogens with zero attached hydrogens (tertiary/aromatic N) is 5. The van der Waals surface area contributed by atoms with Crippen molar-refractivity contribution in [3.8, 4) is 0 Å². The molecule has 0 fully saturated rings. The van der Waals surface area contributed by atoms with E-state index < -0.39 is 4.92 Å². The molecule has 2 heterocycles. The van der Waals surface area contributed by atoms with Crippen molar-refractivity contribution in [1.82, 2.24) is 19.6 Å². The molecule has 27 heavy (non-hydrogen) atoms. The highest BCUT2D eigenvalue weighted by Gasteiger charge is 2.16. The lowest BCUT2D eigenvalue weighted by molar-refractivity contribution is -0.389. The van der Waals surface area contributed by atoms with Crippen LogP contribution in [0.4, 0.5) is 11.6 Å². The quantitative estimate of drug-likeness (QED) is 0.509. The summed E-state index contributed by atoms with van der Waals surface area (Å²) >= 11 is 0. The van der Waals surface area contributed by atoms with E-state index in [1.807, 2.05) is 31.2 Å². The summed E-state index contributed by atoms with van der Waals surface area (Å²) in [5, 5.41) is 21.7. The summed E-state index contributed by atoms with van der Waals surface area (Å²) in [6, 6.07) is 11.3. The highest BCUT2D eigenvalue weighted by molar-refractivity contribution is 5.89. The Bertz CT molecular complexity index is 958. The third-order valence-corrected chi connectivity index (χ3v) is 4.08. The second-order valence-corrected chi connectivity index (χ2v) is 6.31. The topological polar surface area (TPSA) is 108 Å². The molecule has 1 aromatic carbocycles. The van der Waals surface area contributed by atoms with Crippen LogP contribution in [-0.4, -0.2) is 30.4 Å². The molecule has 140 valence electrons. The minimum atomic E-state index is -0.551. The van der Waals surface area contributed by atoms with E-state index in [1.54, 1.807) is 23.9 Å². The average molecular weight is 368 g/mol. The summed E-state index contributed by atoms with van der Waals surface area (Å²) in [6.07, 6.45) is 1.95. The van der Waals surface area contributed by atoms with Gasteiger partial charge in [0, 0.05) is 18.7 Å². The average Bonchev–Trinajstić information content (AvgIpc) is 3.21. The Morgan fingerprint density at radius 1 is 1.19 bits per heavy atom. The molecule has 0 saturated carbocycles. The summed E-state index contributed by atoms with van der Waals surface area (Å²) in [6.45, 7) is 4.63. The first-order valence-corrected chi connectivity index (χ1v) is 8.48. The second kappa shape index (κ2) is 7.81. The highest BCUT2D eigenvalue weighted by Crippen LogP contribution is 2.12. The number of amides is 1. The fourth-order valence-electron chi connectivity index (χ4n) is 2.62. The first kappa shape index (κ1) is 18.3. The number of hydrogen-bond acceptors (Lipinski definition) is 5. The molecule has 0 atom stereocenters. The monoisotopic (exact) mass is 368 g/mol. The molecule has 0 aliphatic carbocycles. The maximum absolute atomic E-state index is 12.1. The van der Waals surface area contributed by atoms with E-state index in [9.17, 15) is 14.9 Å². The summed E-state index contributed by atoms with van der Waals surface area (Å²) < 4.78 is 3.20. The molecule has 0 radical (unpaired) electrons. The highest BCUT2D eigenvalue weighted by atomic mass is 16.6. The Morgan fingerprint density at radius 2 is 1.93 bits per heavy atom. The number of anilines is 1. The fourth-order valence-corrected chi connectivity index (χ4v) is 2.62. The van der Waals surface area contributed by atoms with Crippen LogP contribution in [0.3, 0.4) is 0 Å². The van der Waals surface area contributed by atoms with Crippen LogP contribution < -0.4 is 5.32 Å². The Labute approximate surface area is 155 Å². The summed E-state index contributed by atoms with van der Waals surface area (Å²) in [7, 11) is 0. The molecule has 2 aromatic heterocycles. The van der Waals surface area contributed by atoms with Crippen molar-refractivity contribution in [3.63, 3.8) is 0 Å². The van der Waals surface area contributed by atoms with Crippen LogP contribution in [-0.2, 0) is 17.9 Å². The van der Waals surface area contributed by atoms with Crippen molar-refractivity contribution < 1.29 is 9.72 Å². The molecule has 0 spiro atoms. The van der Waals surface area contributed by atoms with Gasteiger partial charge in [-0.15, -0.1) is 0 Å². The first-order valence-electron chi connectivity index (χ1n) is 8.48. The van der Waals surface area contributed by atoms with Crippen LogP contribution in [0.5, 0.6) is 0 Å². The Hall–Kier alpha value is -3.49. The Balaban J connectivity index is 1.53. The minimum Gasteiger partial charge on any atom is -0.358 e. The molecule has 0 saturated heterocycles. The zero-order valence-corrected chi connectivity index (χ0v) is 15.1. The zero-order chi connectivity index (χ0) is 19.4. The number of nitrogens with one attached hydrogen (secondary N) is 1. The summed E-state index contributed by atoms with van der Waals surface area (Å²) in [5.74, 6) is 0.0196. The van der Waals surface area contributed by atoms with Gasteiger partial charge < -0.3 is 15.4 Å². The molecule has 0 aliphatic rings. The number of aryl methyl sites for hydroxylation is 3. The lowest BCUT2D eigenvalue weighted by Crippen LogP contribution is -2.16. The predicted molar refractivity (Wildman–Crippen MR) is 99.4 cm³/mol. The summed E-state index contributed by atoms with van der Waals surface area (Å²) in [5.41, 5.74) is 2.96. The van der Waals surface area contributed by atoms with E-state index in [0.29, 0.717) is 18.1 Å². The van der Waals surface area contributed by atoms with Crippen molar-refractivity contribution in [2.45, 2.75) is 33.4 Å². The van der Waals surface area contributed by atoms with Crippen LogP contribution >= 0.6 is 0 Å². The van der Waals surface area contributed by atoms with Crippen LogP contribution in [0.15, 0.2) is 42.6 Å². The normalized spacial score (nSPS) is 10.7. The van der Waals surface area contributed by atoms with E-state index in [1.165, 1.54) is 16.3 Å². The molecule has 3 aromatic rings. The van der Waals surface area contributed by atoms with Gasteiger partial charge in [-0.2, -0.15) is 9.78 Å². The van der Waals surface area contributed by atoms with Crippen molar-refractivity contribution >= 4 is 17.5 Å². The van der Waals surface area contributed by atoms with Crippen LogP contribution in [0.2, 0.25) is 0 Å². The van der Waals surface area contributed by atoms with Crippen molar-refractivity contribution in [1.29, 1.82) is 0 Å². The Kier molecular flexibility index (Phi) is 5.30. The van der Waals surface area contributed by atoms with Gasteiger partial charge in [-0.1, -0.05) is 29.8 Å². The molecule has 0 unspecified atom stereocenters. The van der Waals surface area contributed by atoms with Crippen molar-refractivity contribution in [3.05, 3.63) is 69.5 Å². The number of hydrogen-bond donors (Lipinski definition) is 1. The van der Waals surface area contributed by atoms with E-state index in [-0.39, 0.29) is 24.7 Å². The van der Waals surface area contributed by atoms with E-state index in [4.69, 9.17) is 0 Å².